The molecule has 0 aromatic carbocycles. The van der Waals surface area contributed by atoms with E-state index in [0.717, 1.165) is 14.0 Å². The van der Waals surface area contributed by atoms with E-state index >= 15 is 0 Å². The molecule has 3 N–H and O–H groups in total. The Kier molecular flexibility index (Phi) is 7.47. The van der Waals surface area contributed by atoms with Crippen molar-refractivity contribution >= 4 is 29.8 Å². The topological polar surface area (TPSA) is 205 Å². The summed E-state index contributed by atoms with van der Waals surface area (Å²) in [4.78, 5) is 64.7. The Hall–Kier alpha value is -3.49. The third kappa shape index (κ3) is 4.10. The van der Waals surface area contributed by atoms with Crippen LogP contribution in [0.2, 0.25) is 0 Å². The van der Waals surface area contributed by atoms with E-state index in [1.807, 2.05) is 0 Å². The summed E-state index contributed by atoms with van der Waals surface area (Å²) in [5, 5.41) is 38.1. The first-order valence-corrected chi connectivity index (χ1v) is 15.8. The molecule has 14 nitrogen and oxygen atoms in total. The number of ether oxygens (including phenoxy) is 5. The van der Waals surface area contributed by atoms with E-state index in [1.54, 1.807) is 26.8 Å². The van der Waals surface area contributed by atoms with Crippen LogP contribution in [0.25, 0.3) is 0 Å². The van der Waals surface area contributed by atoms with Crippen LogP contribution in [0.4, 0.5) is 0 Å². The Bertz CT molecular complexity index is 1510. The van der Waals surface area contributed by atoms with Gasteiger partial charge in [-0.25, -0.2) is 4.79 Å². The van der Waals surface area contributed by atoms with Crippen molar-refractivity contribution in [3.05, 3.63) is 24.2 Å². The van der Waals surface area contributed by atoms with Crippen molar-refractivity contribution in [3.63, 3.8) is 0 Å². The van der Waals surface area contributed by atoms with Crippen molar-refractivity contribution in [3.8, 4) is 0 Å². The van der Waals surface area contributed by atoms with Gasteiger partial charge < -0.3 is 43.4 Å². The lowest BCUT2D eigenvalue weighted by atomic mass is 9.36. The first-order valence-electron chi connectivity index (χ1n) is 15.8. The molecule has 1 saturated heterocycles. The fourth-order valence-electron chi connectivity index (χ4n) is 11.3. The fourth-order valence-corrected chi connectivity index (χ4v) is 11.3. The third-order valence-electron chi connectivity index (χ3n) is 12.7. The second-order valence-corrected chi connectivity index (χ2v) is 14.7. The Morgan fingerprint density at radius 2 is 1.57 bits per heavy atom. The molecule has 5 aliphatic rings. The number of carbonyl (C=O) groups is 5. The number of cyclic esters (lactones) is 1. The fraction of sp³-hybridized carbons (Fsp3) is 0.727. The van der Waals surface area contributed by atoms with E-state index in [-0.39, 0.29) is 12.8 Å². The predicted molar refractivity (Wildman–Crippen MR) is 154 cm³/mol. The number of aliphatic hydroxyl groups excluding tert-OH is 1. The Labute approximate surface area is 271 Å². The molecule has 5 fully saturated rings. The number of aliphatic hydroxyl groups is 3. The van der Waals surface area contributed by atoms with Crippen molar-refractivity contribution in [2.75, 3.05) is 7.11 Å². The second kappa shape index (κ2) is 10.5. The number of furan rings is 1. The molecular formula is C33H42O14. The number of fused-ring (bicyclic) bond motifs is 5. The van der Waals surface area contributed by atoms with E-state index in [9.17, 15) is 39.3 Å². The molecule has 2 heterocycles. The summed E-state index contributed by atoms with van der Waals surface area (Å²) in [6, 6.07) is 1.59. The van der Waals surface area contributed by atoms with Crippen LogP contribution in [-0.4, -0.2) is 87.9 Å². The van der Waals surface area contributed by atoms with Crippen LogP contribution < -0.4 is 0 Å². The third-order valence-corrected chi connectivity index (χ3v) is 12.7. The first kappa shape index (κ1) is 33.4. The number of esters is 5. The first-order chi connectivity index (χ1) is 21.8. The minimum Gasteiger partial charge on any atom is -0.472 e. The Morgan fingerprint density at radius 1 is 0.957 bits per heavy atom. The zero-order valence-corrected chi connectivity index (χ0v) is 27.4. The van der Waals surface area contributed by atoms with Crippen LogP contribution in [-0.2, 0) is 47.7 Å². The average Bonchev–Trinajstić information content (AvgIpc) is 3.62. The van der Waals surface area contributed by atoms with Gasteiger partial charge in [-0.3, -0.25) is 19.2 Å². The highest BCUT2D eigenvalue weighted by atomic mass is 16.6. The van der Waals surface area contributed by atoms with E-state index < -0.39 is 118 Å². The summed E-state index contributed by atoms with van der Waals surface area (Å²) in [7, 11) is 1.10. The van der Waals surface area contributed by atoms with Gasteiger partial charge in [-0.05, 0) is 18.9 Å². The Balaban J connectivity index is 1.66. The van der Waals surface area contributed by atoms with Gasteiger partial charge >= 0.3 is 29.8 Å². The second-order valence-electron chi connectivity index (χ2n) is 14.7. The van der Waals surface area contributed by atoms with Crippen LogP contribution in [0.15, 0.2) is 23.0 Å². The van der Waals surface area contributed by atoms with Gasteiger partial charge in [0.15, 0.2) is 6.10 Å². The maximum Gasteiger partial charge on any atom is 0.335 e. The summed E-state index contributed by atoms with van der Waals surface area (Å²) in [5.74, 6) is -8.67. The molecule has 4 aliphatic carbocycles. The van der Waals surface area contributed by atoms with Crippen molar-refractivity contribution in [1.29, 1.82) is 0 Å². The molecule has 258 valence electrons. The van der Waals surface area contributed by atoms with Crippen LogP contribution in [0.1, 0.15) is 72.5 Å². The molecule has 1 aromatic rings. The van der Waals surface area contributed by atoms with E-state index in [1.165, 1.54) is 26.4 Å². The highest BCUT2D eigenvalue weighted by Crippen LogP contribution is 2.81. The van der Waals surface area contributed by atoms with E-state index in [0.29, 0.717) is 5.56 Å². The van der Waals surface area contributed by atoms with Crippen LogP contribution in [0.3, 0.4) is 0 Å². The zero-order chi connectivity index (χ0) is 34.6. The normalized spacial score (nSPS) is 46.7. The zero-order valence-electron chi connectivity index (χ0n) is 27.4. The van der Waals surface area contributed by atoms with Crippen LogP contribution in [0.5, 0.6) is 0 Å². The molecule has 14 heteroatoms. The monoisotopic (exact) mass is 662 g/mol. The lowest BCUT2D eigenvalue weighted by Crippen LogP contribution is -2.83. The molecule has 0 amide bonds. The summed E-state index contributed by atoms with van der Waals surface area (Å²) < 4.78 is 34.0. The van der Waals surface area contributed by atoms with Crippen molar-refractivity contribution in [1.82, 2.24) is 0 Å². The smallest absolute Gasteiger partial charge is 0.335 e. The van der Waals surface area contributed by atoms with Crippen molar-refractivity contribution in [2.24, 2.45) is 39.9 Å². The van der Waals surface area contributed by atoms with Crippen LogP contribution >= 0.6 is 0 Å². The molecule has 6 rings (SSSR count). The molecule has 1 aliphatic heterocycles. The highest BCUT2D eigenvalue weighted by molar-refractivity contribution is 5.76. The predicted octanol–water partition coefficient (Wildman–Crippen LogP) is 1.38. The van der Waals surface area contributed by atoms with Gasteiger partial charge in [0.2, 0.25) is 0 Å². The van der Waals surface area contributed by atoms with Gasteiger partial charge in [0, 0.05) is 54.9 Å². The lowest BCUT2D eigenvalue weighted by Gasteiger charge is -2.72. The maximum atomic E-state index is 13.5. The summed E-state index contributed by atoms with van der Waals surface area (Å²) in [5.41, 5.74) is -7.92. The molecule has 1 aromatic heterocycles. The number of carbonyl (C=O) groups excluding carboxylic acids is 5. The van der Waals surface area contributed by atoms with Gasteiger partial charge in [0.1, 0.15) is 30.0 Å². The van der Waals surface area contributed by atoms with Gasteiger partial charge in [0.05, 0.1) is 43.0 Å². The molecule has 0 radical (unpaired) electrons. The standard InChI is InChI=1S/C33H42O14/c1-14(34)44-20-10-19-31(6)24(23(38)28(39)42-7)29(4)13-32(31,40)22(26(29)45-15(2)35)27(46-16(3)36)33(19,41)18-11-21(37)47-25(30(18,20)5)17-8-9-43-12-17/h8-9,12,18-20,22-27,38,40-41H,10-11,13H2,1-7H3. The van der Waals surface area contributed by atoms with Gasteiger partial charge in [-0.1, -0.05) is 20.8 Å². The quantitative estimate of drug-likeness (QED) is 0.291. The molecule has 4 saturated carbocycles. The maximum absolute atomic E-state index is 13.5. The molecule has 14 unspecified atom stereocenters. The minimum atomic E-state index is -2.19. The number of methoxy groups -OCH3 is 1. The highest BCUT2D eigenvalue weighted by Gasteiger charge is 2.90. The largest absolute Gasteiger partial charge is 0.472 e. The molecule has 47 heavy (non-hydrogen) atoms. The van der Waals surface area contributed by atoms with Gasteiger partial charge in [-0.15, -0.1) is 0 Å². The lowest BCUT2D eigenvalue weighted by molar-refractivity contribution is -0.368. The van der Waals surface area contributed by atoms with Gasteiger partial charge in [-0.2, -0.15) is 0 Å². The average molecular weight is 663 g/mol. The van der Waals surface area contributed by atoms with Crippen molar-refractivity contribution in [2.45, 2.75) is 103 Å². The molecular weight excluding hydrogens is 620 g/mol. The Morgan fingerprint density at radius 3 is 2.13 bits per heavy atom. The number of hydrogen-bond donors (Lipinski definition) is 3. The summed E-state index contributed by atoms with van der Waals surface area (Å²) >= 11 is 0. The minimum absolute atomic E-state index is 0.109. The van der Waals surface area contributed by atoms with E-state index in [2.05, 4.69) is 0 Å². The van der Waals surface area contributed by atoms with E-state index in [4.69, 9.17) is 28.1 Å². The SMILES string of the molecule is COC(=O)C(O)C1C2(C)CC3(O)C(C2OC(C)=O)C(OC(C)=O)C2(O)C4CC(=O)OC(c5ccoc5)C4(C)C(OC(C)=O)CC2C13C. The molecule has 0 spiro atoms. The van der Waals surface area contributed by atoms with Crippen LogP contribution in [0, 0.1) is 39.9 Å². The molecule has 2 bridgehead atoms. The number of hydrogen-bond acceptors (Lipinski definition) is 14. The van der Waals surface area contributed by atoms with Gasteiger partial charge in [0.25, 0.3) is 0 Å². The number of rotatable bonds is 6. The molecule has 14 atom stereocenters. The summed E-state index contributed by atoms with van der Waals surface area (Å²) in [6.45, 7) is 8.55. The summed E-state index contributed by atoms with van der Waals surface area (Å²) in [6.07, 6.45) is -4.71. The van der Waals surface area contributed by atoms with Crippen molar-refractivity contribution < 1.29 is 67.4 Å².